The van der Waals surface area contributed by atoms with Gasteiger partial charge in [-0.05, 0) is 18.1 Å². The molecule has 2 amide bonds. The summed E-state index contributed by atoms with van der Waals surface area (Å²) in [5.41, 5.74) is 1.12. The zero-order chi connectivity index (χ0) is 19.4. The molecule has 0 unspecified atom stereocenters. The second kappa shape index (κ2) is 6.22. The topological polar surface area (TPSA) is 87.0 Å². The number of rotatable bonds is 3. The smallest absolute Gasteiger partial charge is 0.271 e. The van der Waals surface area contributed by atoms with Crippen LogP contribution in [0.15, 0.2) is 54.6 Å². The zero-order valence-electron chi connectivity index (χ0n) is 15.0. The molecule has 3 aliphatic rings. The van der Waals surface area contributed by atoms with Gasteiger partial charge in [0.1, 0.15) is 6.04 Å². The molecule has 5 rings (SSSR count). The number of hydrazine groups is 1. The van der Waals surface area contributed by atoms with Crippen molar-refractivity contribution in [3.63, 3.8) is 0 Å². The zero-order valence-corrected chi connectivity index (χ0v) is 15.0. The highest BCUT2D eigenvalue weighted by Crippen LogP contribution is 2.48. The van der Waals surface area contributed by atoms with Crippen LogP contribution in [0.5, 0.6) is 0 Å². The number of nitro groups is 1. The van der Waals surface area contributed by atoms with Crippen molar-refractivity contribution in [2.24, 2.45) is 5.92 Å². The lowest BCUT2D eigenvalue weighted by Crippen LogP contribution is -2.44. The SMILES string of the molecule is O=C1[C@H]2[C@@H](c3ccccc3)N3CCCN3[C@H]2C(=O)N1c1cccc([N+](=O)[O-])c1. The largest absolute Gasteiger partial charge is 0.274 e. The van der Waals surface area contributed by atoms with Crippen LogP contribution in [0.3, 0.4) is 0 Å². The van der Waals surface area contributed by atoms with Crippen molar-refractivity contribution < 1.29 is 14.5 Å². The standard InChI is InChI=1S/C20H18N4O4/c25-19-16-17(13-6-2-1-3-7-13)21-10-5-11-22(21)18(16)20(26)23(19)14-8-4-9-15(12-14)24(27)28/h1-4,6-9,12,16-18H,5,10-11H2/t16-,17+,18+/m0/s1. The first kappa shape index (κ1) is 17.0. The summed E-state index contributed by atoms with van der Waals surface area (Å²) in [5.74, 6) is -1.12. The summed E-state index contributed by atoms with van der Waals surface area (Å²) < 4.78 is 0. The number of nitrogens with zero attached hydrogens (tertiary/aromatic N) is 4. The number of anilines is 1. The summed E-state index contributed by atoms with van der Waals surface area (Å²) in [7, 11) is 0. The Hall–Kier alpha value is -3.10. The fourth-order valence-corrected chi connectivity index (χ4v) is 4.76. The van der Waals surface area contributed by atoms with E-state index >= 15 is 0 Å². The number of fused-ring (bicyclic) bond motifs is 3. The first-order valence-electron chi connectivity index (χ1n) is 9.28. The molecule has 0 radical (unpaired) electrons. The van der Waals surface area contributed by atoms with Gasteiger partial charge in [0, 0.05) is 25.2 Å². The van der Waals surface area contributed by atoms with E-state index in [1.807, 2.05) is 35.3 Å². The first-order valence-corrected chi connectivity index (χ1v) is 9.28. The lowest BCUT2D eigenvalue weighted by molar-refractivity contribution is -0.384. The highest BCUT2D eigenvalue weighted by molar-refractivity contribution is 6.24. The van der Waals surface area contributed by atoms with E-state index in [2.05, 4.69) is 5.01 Å². The predicted molar refractivity (Wildman–Crippen MR) is 100 cm³/mol. The van der Waals surface area contributed by atoms with Crippen LogP contribution in [-0.4, -0.2) is 45.9 Å². The Morgan fingerprint density at radius 1 is 0.893 bits per heavy atom. The summed E-state index contributed by atoms with van der Waals surface area (Å²) in [6, 6.07) is 14.7. The Morgan fingerprint density at radius 3 is 2.32 bits per heavy atom. The Balaban J connectivity index is 1.58. The number of nitro benzene ring substituents is 1. The molecule has 0 spiro atoms. The molecule has 3 atom stereocenters. The van der Waals surface area contributed by atoms with Gasteiger partial charge in [-0.25, -0.2) is 14.9 Å². The molecule has 28 heavy (non-hydrogen) atoms. The van der Waals surface area contributed by atoms with E-state index in [1.165, 1.54) is 18.2 Å². The molecule has 2 aromatic rings. The normalized spacial score (nSPS) is 27.3. The number of hydrogen-bond donors (Lipinski definition) is 0. The Kier molecular flexibility index (Phi) is 3.78. The lowest BCUT2D eigenvalue weighted by atomic mass is 9.90. The average Bonchev–Trinajstić information content (AvgIpc) is 3.34. The quantitative estimate of drug-likeness (QED) is 0.462. The number of non-ortho nitro benzene ring substituents is 1. The second-order valence-corrected chi connectivity index (χ2v) is 7.29. The van der Waals surface area contributed by atoms with Gasteiger partial charge in [-0.1, -0.05) is 36.4 Å². The van der Waals surface area contributed by atoms with Crippen LogP contribution in [0.1, 0.15) is 18.0 Å². The van der Waals surface area contributed by atoms with Gasteiger partial charge in [0.05, 0.1) is 22.6 Å². The van der Waals surface area contributed by atoms with Crippen LogP contribution in [0.2, 0.25) is 0 Å². The van der Waals surface area contributed by atoms with Gasteiger partial charge in [0.25, 0.3) is 11.6 Å². The lowest BCUT2D eigenvalue weighted by Gasteiger charge is -2.29. The van der Waals surface area contributed by atoms with E-state index in [4.69, 9.17) is 0 Å². The van der Waals surface area contributed by atoms with Crippen LogP contribution in [0.25, 0.3) is 0 Å². The number of carbonyl (C=O) groups is 2. The summed E-state index contributed by atoms with van der Waals surface area (Å²) in [6.07, 6.45) is 0.935. The summed E-state index contributed by atoms with van der Waals surface area (Å²) in [6.45, 7) is 1.54. The average molecular weight is 378 g/mol. The molecule has 0 aromatic heterocycles. The monoisotopic (exact) mass is 378 g/mol. The van der Waals surface area contributed by atoms with Gasteiger partial charge < -0.3 is 0 Å². The molecule has 2 aromatic carbocycles. The van der Waals surface area contributed by atoms with Crippen LogP contribution in [0.4, 0.5) is 11.4 Å². The molecule has 142 valence electrons. The maximum atomic E-state index is 13.4. The predicted octanol–water partition coefficient (Wildman–Crippen LogP) is 2.13. The van der Waals surface area contributed by atoms with Crippen molar-refractivity contribution in [2.75, 3.05) is 18.0 Å². The van der Waals surface area contributed by atoms with E-state index < -0.39 is 16.9 Å². The maximum absolute atomic E-state index is 13.4. The number of imide groups is 1. The minimum Gasteiger partial charge on any atom is -0.274 e. The maximum Gasteiger partial charge on any atom is 0.271 e. The molecule has 8 nitrogen and oxygen atoms in total. The van der Waals surface area contributed by atoms with E-state index in [0.717, 1.165) is 30.0 Å². The molecule has 8 heteroatoms. The molecular weight excluding hydrogens is 360 g/mol. The van der Waals surface area contributed by atoms with Gasteiger partial charge in [-0.2, -0.15) is 0 Å². The van der Waals surface area contributed by atoms with Crippen LogP contribution in [0, 0.1) is 16.0 Å². The molecule has 0 bridgehead atoms. The van der Waals surface area contributed by atoms with Crippen molar-refractivity contribution in [1.82, 2.24) is 10.0 Å². The first-order chi connectivity index (χ1) is 13.6. The molecular formula is C20H18N4O4. The van der Waals surface area contributed by atoms with Crippen LogP contribution >= 0.6 is 0 Å². The third-order valence-electron chi connectivity index (χ3n) is 5.85. The van der Waals surface area contributed by atoms with Gasteiger partial charge in [-0.3, -0.25) is 19.7 Å². The molecule has 0 saturated carbocycles. The molecule has 0 aliphatic carbocycles. The van der Waals surface area contributed by atoms with E-state index in [1.54, 1.807) is 6.07 Å². The second-order valence-electron chi connectivity index (χ2n) is 7.29. The number of carbonyl (C=O) groups excluding carboxylic acids is 2. The third kappa shape index (κ3) is 2.31. The van der Waals surface area contributed by atoms with Gasteiger partial charge in [-0.15, -0.1) is 0 Å². The highest BCUT2D eigenvalue weighted by Gasteiger charge is 2.62. The van der Waals surface area contributed by atoms with E-state index in [0.29, 0.717) is 0 Å². The summed E-state index contributed by atoms with van der Waals surface area (Å²) in [4.78, 5) is 38.4. The fraction of sp³-hybridized carbons (Fsp3) is 0.300. The molecule has 3 aliphatic heterocycles. The fourth-order valence-electron chi connectivity index (χ4n) is 4.76. The Labute approximate surface area is 161 Å². The number of hydrogen-bond acceptors (Lipinski definition) is 6. The van der Waals surface area contributed by atoms with Crippen molar-refractivity contribution in [3.05, 3.63) is 70.3 Å². The summed E-state index contributed by atoms with van der Waals surface area (Å²) in [5, 5.41) is 15.3. The molecule has 0 N–H and O–H groups in total. The third-order valence-corrected chi connectivity index (χ3v) is 5.85. The van der Waals surface area contributed by atoms with Crippen molar-refractivity contribution in [1.29, 1.82) is 0 Å². The Bertz CT molecular complexity index is 979. The van der Waals surface area contributed by atoms with E-state index in [9.17, 15) is 19.7 Å². The molecule has 3 fully saturated rings. The minimum absolute atomic E-state index is 0.141. The Morgan fingerprint density at radius 2 is 1.61 bits per heavy atom. The van der Waals surface area contributed by atoms with Crippen molar-refractivity contribution in [2.45, 2.75) is 18.5 Å². The minimum atomic E-state index is -0.556. The number of benzene rings is 2. The van der Waals surface area contributed by atoms with Gasteiger partial charge in [0.15, 0.2) is 0 Å². The summed E-state index contributed by atoms with van der Waals surface area (Å²) >= 11 is 0. The van der Waals surface area contributed by atoms with Crippen molar-refractivity contribution in [3.8, 4) is 0 Å². The highest BCUT2D eigenvalue weighted by atomic mass is 16.6. The van der Waals surface area contributed by atoms with Crippen molar-refractivity contribution >= 4 is 23.2 Å². The van der Waals surface area contributed by atoms with Crippen LogP contribution < -0.4 is 4.90 Å². The molecule has 3 heterocycles. The van der Waals surface area contributed by atoms with Crippen LogP contribution in [-0.2, 0) is 9.59 Å². The van der Waals surface area contributed by atoms with Gasteiger partial charge >= 0.3 is 0 Å². The molecule has 3 saturated heterocycles. The van der Waals surface area contributed by atoms with Gasteiger partial charge in [0.2, 0.25) is 5.91 Å². The van der Waals surface area contributed by atoms with E-state index in [-0.39, 0.29) is 29.2 Å². The number of amides is 2.